The zero-order valence-corrected chi connectivity index (χ0v) is 16.7. The number of nitrogens with one attached hydrogen (secondary N) is 1. The van der Waals surface area contributed by atoms with Gasteiger partial charge in [0.1, 0.15) is 5.76 Å². The van der Waals surface area contributed by atoms with Crippen LogP contribution in [0.3, 0.4) is 0 Å². The fourth-order valence-electron chi connectivity index (χ4n) is 3.15. The molecule has 1 N–H and O–H groups in total. The molecule has 2 heterocycles. The van der Waals surface area contributed by atoms with E-state index in [1.807, 2.05) is 86.1 Å². The van der Waals surface area contributed by atoms with Crippen LogP contribution in [0.1, 0.15) is 28.8 Å². The summed E-state index contributed by atoms with van der Waals surface area (Å²) in [5, 5.41) is 7.55. The topological polar surface area (TPSA) is 63.3 Å². The number of carbonyl (C=O) groups is 1. The third kappa shape index (κ3) is 4.40. The number of para-hydroxylation sites is 1. The maximum Gasteiger partial charge on any atom is 0.244 e. The predicted octanol–water partition coefficient (Wildman–Crippen LogP) is 3.51. The molecule has 0 bridgehead atoms. The van der Waals surface area contributed by atoms with Gasteiger partial charge in [0.25, 0.3) is 0 Å². The first-order chi connectivity index (χ1) is 13.5. The lowest BCUT2D eigenvalue weighted by atomic mass is 10.1. The number of carbonyl (C=O) groups excluding carboxylic acids is 1. The largest absolute Gasteiger partial charge is 0.468 e. The Hall–Kier alpha value is -3.12. The van der Waals surface area contributed by atoms with Crippen LogP contribution in [0.25, 0.3) is 11.8 Å². The van der Waals surface area contributed by atoms with Crippen molar-refractivity contribution in [3.8, 4) is 5.69 Å². The highest BCUT2D eigenvalue weighted by molar-refractivity contribution is 5.92. The summed E-state index contributed by atoms with van der Waals surface area (Å²) in [5.74, 6) is 0.676. The number of aryl methyl sites for hydroxylation is 1. The van der Waals surface area contributed by atoms with Crippen LogP contribution in [0, 0.1) is 13.8 Å². The van der Waals surface area contributed by atoms with Crippen molar-refractivity contribution in [1.29, 1.82) is 0 Å². The Bertz CT molecular complexity index is 941. The molecular weight excluding hydrogens is 352 g/mol. The average Bonchev–Trinajstić information content (AvgIpc) is 3.29. The number of amides is 1. The van der Waals surface area contributed by atoms with Gasteiger partial charge in [-0.05, 0) is 58.3 Å². The van der Waals surface area contributed by atoms with Crippen LogP contribution < -0.4 is 5.32 Å². The van der Waals surface area contributed by atoms with Gasteiger partial charge in [-0.1, -0.05) is 18.2 Å². The van der Waals surface area contributed by atoms with Crippen LogP contribution in [-0.4, -0.2) is 41.2 Å². The Morgan fingerprint density at radius 1 is 1.21 bits per heavy atom. The van der Waals surface area contributed by atoms with E-state index in [1.165, 1.54) is 0 Å². The molecule has 3 aromatic rings. The van der Waals surface area contributed by atoms with Crippen molar-refractivity contribution in [2.24, 2.45) is 0 Å². The predicted molar refractivity (Wildman–Crippen MR) is 110 cm³/mol. The molecule has 0 aliphatic carbocycles. The molecule has 6 heteroatoms. The van der Waals surface area contributed by atoms with E-state index in [4.69, 9.17) is 4.42 Å². The summed E-state index contributed by atoms with van der Waals surface area (Å²) in [6.07, 6.45) is 5.02. The van der Waals surface area contributed by atoms with Gasteiger partial charge in [0.05, 0.1) is 23.7 Å². The lowest BCUT2D eigenvalue weighted by molar-refractivity contribution is -0.116. The molecule has 2 aromatic heterocycles. The minimum Gasteiger partial charge on any atom is -0.468 e. The minimum absolute atomic E-state index is 0.0170. The molecule has 0 fully saturated rings. The highest BCUT2D eigenvalue weighted by Crippen LogP contribution is 2.19. The van der Waals surface area contributed by atoms with Crippen molar-refractivity contribution >= 4 is 12.0 Å². The average molecular weight is 378 g/mol. The Morgan fingerprint density at radius 3 is 2.61 bits per heavy atom. The Kier molecular flexibility index (Phi) is 6.11. The second kappa shape index (κ2) is 8.71. The number of aromatic nitrogens is 2. The quantitative estimate of drug-likeness (QED) is 0.639. The molecule has 3 rings (SSSR count). The normalized spacial score (nSPS) is 12.6. The van der Waals surface area contributed by atoms with E-state index < -0.39 is 0 Å². The zero-order chi connectivity index (χ0) is 20.1. The Labute approximate surface area is 165 Å². The van der Waals surface area contributed by atoms with Gasteiger partial charge in [-0.25, -0.2) is 4.68 Å². The van der Waals surface area contributed by atoms with E-state index in [0.29, 0.717) is 6.54 Å². The molecule has 0 aliphatic rings. The van der Waals surface area contributed by atoms with Crippen LogP contribution in [-0.2, 0) is 4.79 Å². The molecule has 1 aromatic carbocycles. The number of nitrogens with zero attached hydrogens (tertiary/aromatic N) is 3. The summed E-state index contributed by atoms with van der Waals surface area (Å²) in [5.41, 5.74) is 3.83. The summed E-state index contributed by atoms with van der Waals surface area (Å²) < 4.78 is 7.37. The van der Waals surface area contributed by atoms with E-state index in [1.54, 1.807) is 12.3 Å². The molecule has 1 unspecified atom stereocenters. The van der Waals surface area contributed by atoms with Gasteiger partial charge in [-0.3, -0.25) is 9.69 Å². The lowest BCUT2D eigenvalue weighted by Gasteiger charge is -2.22. The fourth-order valence-corrected chi connectivity index (χ4v) is 3.15. The van der Waals surface area contributed by atoms with E-state index in [0.717, 1.165) is 28.4 Å². The molecule has 1 amide bonds. The maximum atomic E-state index is 12.3. The monoisotopic (exact) mass is 378 g/mol. The van der Waals surface area contributed by atoms with Crippen molar-refractivity contribution in [3.05, 3.63) is 77.5 Å². The molecule has 1 atom stereocenters. The van der Waals surface area contributed by atoms with Gasteiger partial charge in [-0.2, -0.15) is 5.10 Å². The molecule has 0 spiro atoms. The van der Waals surface area contributed by atoms with Crippen LogP contribution in [0.4, 0.5) is 0 Å². The van der Waals surface area contributed by atoms with Gasteiger partial charge < -0.3 is 9.73 Å². The van der Waals surface area contributed by atoms with Gasteiger partial charge in [0, 0.05) is 23.9 Å². The van der Waals surface area contributed by atoms with Gasteiger partial charge in [0.2, 0.25) is 5.91 Å². The molecule has 28 heavy (non-hydrogen) atoms. The number of hydrogen-bond acceptors (Lipinski definition) is 4. The van der Waals surface area contributed by atoms with Crippen LogP contribution in [0.5, 0.6) is 0 Å². The third-order valence-electron chi connectivity index (χ3n) is 4.71. The number of furan rings is 1. The van der Waals surface area contributed by atoms with Crippen molar-refractivity contribution in [1.82, 2.24) is 20.0 Å². The standard InChI is InChI=1S/C22H26N4O2/c1-16-19(17(2)26(24-16)18-9-6-5-7-10-18)12-13-22(27)23-15-20(25(3)4)21-11-8-14-28-21/h5-14,20H,15H2,1-4H3,(H,23,27). The Balaban J connectivity index is 1.68. The molecular formula is C22H26N4O2. The van der Waals surface area contributed by atoms with E-state index >= 15 is 0 Å². The van der Waals surface area contributed by atoms with E-state index in [9.17, 15) is 4.79 Å². The van der Waals surface area contributed by atoms with Gasteiger partial charge in [0.15, 0.2) is 0 Å². The maximum absolute atomic E-state index is 12.3. The molecule has 0 aliphatic heterocycles. The van der Waals surface area contributed by atoms with Crippen LogP contribution in [0.15, 0.2) is 59.2 Å². The number of benzene rings is 1. The van der Waals surface area contributed by atoms with Crippen molar-refractivity contribution in [2.75, 3.05) is 20.6 Å². The summed E-state index contributed by atoms with van der Waals surface area (Å²) in [7, 11) is 3.92. The van der Waals surface area contributed by atoms with Crippen molar-refractivity contribution in [3.63, 3.8) is 0 Å². The fraction of sp³-hybridized carbons (Fsp3) is 0.273. The highest BCUT2D eigenvalue weighted by atomic mass is 16.3. The van der Waals surface area contributed by atoms with E-state index in [-0.39, 0.29) is 11.9 Å². The number of hydrogen-bond donors (Lipinski definition) is 1. The SMILES string of the molecule is Cc1nn(-c2ccccc2)c(C)c1C=CC(=O)NCC(c1ccco1)N(C)C. The second-order valence-electron chi connectivity index (χ2n) is 6.91. The summed E-state index contributed by atoms with van der Waals surface area (Å²) in [6.45, 7) is 4.41. The summed E-state index contributed by atoms with van der Waals surface area (Å²) >= 11 is 0. The lowest BCUT2D eigenvalue weighted by Crippen LogP contribution is -2.33. The van der Waals surface area contributed by atoms with Crippen LogP contribution in [0.2, 0.25) is 0 Å². The molecule has 6 nitrogen and oxygen atoms in total. The first-order valence-corrected chi connectivity index (χ1v) is 9.24. The van der Waals surface area contributed by atoms with Crippen molar-refractivity contribution in [2.45, 2.75) is 19.9 Å². The highest BCUT2D eigenvalue weighted by Gasteiger charge is 2.17. The number of likely N-dealkylation sites (N-methyl/N-ethyl adjacent to an activating group) is 1. The summed E-state index contributed by atoms with van der Waals surface area (Å²) in [4.78, 5) is 14.4. The molecule has 146 valence electrons. The summed E-state index contributed by atoms with van der Waals surface area (Å²) in [6, 6.07) is 13.7. The molecule has 0 radical (unpaired) electrons. The third-order valence-corrected chi connectivity index (χ3v) is 4.71. The number of rotatable bonds is 7. The smallest absolute Gasteiger partial charge is 0.244 e. The zero-order valence-electron chi connectivity index (χ0n) is 16.7. The minimum atomic E-state index is -0.148. The van der Waals surface area contributed by atoms with Crippen molar-refractivity contribution < 1.29 is 9.21 Å². The Morgan fingerprint density at radius 2 is 1.96 bits per heavy atom. The van der Waals surface area contributed by atoms with E-state index in [2.05, 4.69) is 10.4 Å². The van der Waals surface area contributed by atoms with Crippen LogP contribution >= 0.6 is 0 Å². The van der Waals surface area contributed by atoms with Gasteiger partial charge >= 0.3 is 0 Å². The molecule has 0 saturated heterocycles. The van der Waals surface area contributed by atoms with Gasteiger partial charge in [-0.15, -0.1) is 0 Å². The second-order valence-corrected chi connectivity index (χ2v) is 6.91. The molecule has 0 saturated carbocycles. The first-order valence-electron chi connectivity index (χ1n) is 9.24. The first kappa shape index (κ1) is 19.6.